The summed E-state index contributed by atoms with van der Waals surface area (Å²) in [6.07, 6.45) is 1.75. The number of anilines is 1. The first kappa shape index (κ1) is 22.9. The summed E-state index contributed by atoms with van der Waals surface area (Å²) >= 11 is 0. The Balaban J connectivity index is 1.44. The van der Waals surface area contributed by atoms with E-state index in [2.05, 4.69) is 20.3 Å². The maximum atomic E-state index is 13.4. The summed E-state index contributed by atoms with van der Waals surface area (Å²) in [5.41, 5.74) is 4.31. The molecule has 0 radical (unpaired) electrons. The van der Waals surface area contributed by atoms with Gasteiger partial charge in [-0.1, -0.05) is 24.3 Å². The van der Waals surface area contributed by atoms with Crippen LogP contribution in [0.3, 0.4) is 0 Å². The third kappa shape index (κ3) is 4.34. The highest BCUT2D eigenvalue weighted by Gasteiger charge is 2.22. The van der Waals surface area contributed by atoms with Crippen LogP contribution in [0.25, 0.3) is 33.3 Å². The summed E-state index contributed by atoms with van der Waals surface area (Å²) in [6, 6.07) is 18.6. The van der Waals surface area contributed by atoms with Gasteiger partial charge in [0.15, 0.2) is 0 Å². The number of carbonyl (C=O) groups is 1. The average molecular weight is 495 g/mol. The van der Waals surface area contributed by atoms with Gasteiger partial charge in [0.05, 0.1) is 47.2 Å². The molecule has 5 aromatic rings. The molecule has 0 bridgehead atoms. The van der Waals surface area contributed by atoms with Gasteiger partial charge in [0.25, 0.3) is 11.5 Å². The van der Waals surface area contributed by atoms with E-state index in [4.69, 9.17) is 9.72 Å². The van der Waals surface area contributed by atoms with Crippen molar-refractivity contribution in [1.29, 1.82) is 0 Å². The molecule has 3 aromatic heterocycles. The Hall–Kier alpha value is -4.50. The molecule has 186 valence electrons. The van der Waals surface area contributed by atoms with E-state index in [1.165, 1.54) is 0 Å². The molecule has 4 heterocycles. The number of morpholine rings is 1. The third-order valence-electron chi connectivity index (χ3n) is 6.68. The second-order valence-corrected chi connectivity index (χ2v) is 9.09. The minimum atomic E-state index is -0.266. The highest BCUT2D eigenvalue weighted by Crippen LogP contribution is 2.33. The Labute approximate surface area is 212 Å². The largest absolute Gasteiger partial charge is 0.378 e. The van der Waals surface area contributed by atoms with Crippen LogP contribution in [-0.2, 0) is 4.74 Å². The Morgan fingerprint density at radius 2 is 1.84 bits per heavy atom. The van der Waals surface area contributed by atoms with Crippen LogP contribution in [0.15, 0.2) is 71.7 Å². The fourth-order valence-electron chi connectivity index (χ4n) is 4.75. The summed E-state index contributed by atoms with van der Waals surface area (Å²) in [6.45, 7) is 4.23. The first-order valence-corrected chi connectivity index (χ1v) is 12.3. The van der Waals surface area contributed by atoms with E-state index in [9.17, 15) is 9.59 Å². The lowest BCUT2D eigenvalue weighted by Crippen LogP contribution is -2.40. The fourth-order valence-corrected chi connectivity index (χ4v) is 4.75. The van der Waals surface area contributed by atoms with Gasteiger partial charge in [-0.05, 0) is 43.3 Å². The molecule has 0 saturated carbocycles. The van der Waals surface area contributed by atoms with Crippen molar-refractivity contribution in [1.82, 2.24) is 24.8 Å². The molecule has 0 aliphatic carbocycles. The molecule has 1 atom stereocenters. The van der Waals surface area contributed by atoms with Gasteiger partial charge in [0, 0.05) is 30.2 Å². The number of H-pyrrole nitrogens is 2. The van der Waals surface area contributed by atoms with Crippen molar-refractivity contribution >= 4 is 33.5 Å². The lowest BCUT2D eigenvalue weighted by atomic mass is 10.1. The minimum Gasteiger partial charge on any atom is -0.378 e. The molecule has 1 aliphatic rings. The number of nitrogens with one attached hydrogen (secondary N) is 3. The number of imidazole rings is 1. The van der Waals surface area contributed by atoms with Crippen LogP contribution >= 0.6 is 0 Å². The normalized spacial score (nSPS) is 14.7. The van der Waals surface area contributed by atoms with E-state index in [0.717, 1.165) is 16.6 Å². The second kappa shape index (κ2) is 9.51. The Morgan fingerprint density at radius 3 is 2.65 bits per heavy atom. The van der Waals surface area contributed by atoms with E-state index >= 15 is 0 Å². The number of aromatic amines is 2. The van der Waals surface area contributed by atoms with Gasteiger partial charge < -0.3 is 24.9 Å². The average Bonchev–Trinajstić information content (AvgIpc) is 3.36. The van der Waals surface area contributed by atoms with Crippen molar-refractivity contribution in [2.24, 2.45) is 0 Å². The van der Waals surface area contributed by atoms with Crippen molar-refractivity contribution in [2.75, 3.05) is 31.6 Å². The monoisotopic (exact) mass is 494 g/mol. The van der Waals surface area contributed by atoms with Gasteiger partial charge >= 0.3 is 0 Å². The molecule has 1 amide bonds. The number of nitrogens with zero attached hydrogens (tertiary/aromatic N) is 3. The predicted molar refractivity (Wildman–Crippen MR) is 143 cm³/mol. The van der Waals surface area contributed by atoms with Crippen molar-refractivity contribution in [3.8, 4) is 11.4 Å². The molecule has 0 unspecified atom stereocenters. The van der Waals surface area contributed by atoms with Crippen LogP contribution in [0.1, 0.15) is 29.0 Å². The van der Waals surface area contributed by atoms with Crippen LogP contribution in [0.4, 0.5) is 5.69 Å². The fraction of sp³-hybridized carbons (Fsp3) is 0.214. The zero-order valence-electron chi connectivity index (χ0n) is 20.3. The number of hydrogen-bond acceptors (Lipinski definition) is 6. The molecule has 9 nitrogen and oxygen atoms in total. The van der Waals surface area contributed by atoms with Crippen LogP contribution < -0.4 is 10.9 Å². The smallest absolute Gasteiger partial charge is 0.261 e. The number of hydrogen-bond donors (Lipinski definition) is 3. The van der Waals surface area contributed by atoms with E-state index in [1.54, 1.807) is 23.2 Å². The number of fused-ring (bicyclic) bond motifs is 2. The van der Waals surface area contributed by atoms with Gasteiger partial charge in [-0.2, -0.15) is 0 Å². The highest BCUT2D eigenvalue weighted by atomic mass is 16.5. The Morgan fingerprint density at radius 1 is 1.03 bits per heavy atom. The topological polar surface area (TPSA) is 116 Å². The number of para-hydroxylation sites is 1. The van der Waals surface area contributed by atoms with Gasteiger partial charge in [-0.3, -0.25) is 14.6 Å². The molecule has 37 heavy (non-hydrogen) atoms. The number of carbonyl (C=O) groups excluding carboxylic acids is 1. The second-order valence-electron chi connectivity index (χ2n) is 9.09. The summed E-state index contributed by atoms with van der Waals surface area (Å²) < 4.78 is 5.36. The molecule has 9 heteroatoms. The van der Waals surface area contributed by atoms with E-state index in [1.807, 2.05) is 55.5 Å². The summed E-state index contributed by atoms with van der Waals surface area (Å²) in [7, 11) is 0. The minimum absolute atomic E-state index is 0.0450. The summed E-state index contributed by atoms with van der Waals surface area (Å²) in [5.74, 6) is 0.380. The summed E-state index contributed by atoms with van der Waals surface area (Å²) in [5, 5.41) is 4.38. The van der Waals surface area contributed by atoms with Gasteiger partial charge in [-0.15, -0.1) is 0 Å². The third-order valence-corrected chi connectivity index (χ3v) is 6.68. The van der Waals surface area contributed by atoms with Gasteiger partial charge in [0.1, 0.15) is 11.4 Å². The number of aromatic nitrogens is 4. The van der Waals surface area contributed by atoms with Gasteiger partial charge in [0.2, 0.25) is 0 Å². The lowest BCUT2D eigenvalue weighted by Gasteiger charge is -2.26. The van der Waals surface area contributed by atoms with E-state index in [0.29, 0.717) is 60.0 Å². The summed E-state index contributed by atoms with van der Waals surface area (Å²) in [4.78, 5) is 43.6. The molecule has 2 aromatic carbocycles. The van der Waals surface area contributed by atoms with E-state index < -0.39 is 0 Å². The molecule has 6 rings (SSSR count). The number of pyridine rings is 2. The van der Waals surface area contributed by atoms with Crippen LogP contribution in [0.5, 0.6) is 0 Å². The molecular weight excluding hydrogens is 468 g/mol. The predicted octanol–water partition coefficient (Wildman–Crippen LogP) is 4.11. The quantitative estimate of drug-likeness (QED) is 0.339. The number of benzene rings is 2. The zero-order chi connectivity index (χ0) is 25.4. The SMILES string of the molecule is C[C@H](Nc1c(-c2nc3ccc(C(=O)N4CCOCC4)cc3[nH]2)c(=O)[nH]c2ccccc12)c1ccccn1. The zero-order valence-corrected chi connectivity index (χ0v) is 20.3. The Kier molecular flexibility index (Phi) is 5.90. The molecule has 1 saturated heterocycles. The van der Waals surface area contributed by atoms with Crippen LogP contribution in [0.2, 0.25) is 0 Å². The van der Waals surface area contributed by atoms with Gasteiger partial charge in [-0.25, -0.2) is 4.98 Å². The molecular formula is C28H26N6O3. The lowest BCUT2D eigenvalue weighted by molar-refractivity contribution is 0.0303. The molecule has 1 aliphatic heterocycles. The first-order valence-electron chi connectivity index (χ1n) is 12.3. The maximum absolute atomic E-state index is 13.4. The van der Waals surface area contributed by atoms with Crippen LogP contribution in [-0.4, -0.2) is 57.0 Å². The highest BCUT2D eigenvalue weighted by molar-refractivity contribution is 6.00. The first-order chi connectivity index (χ1) is 18.1. The van der Waals surface area contributed by atoms with Crippen LogP contribution in [0, 0.1) is 0 Å². The van der Waals surface area contributed by atoms with Crippen molar-refractivity contribution in [2.45, 2.75) is 13.0 Å². The number of ether oxygens (including phenoxy) is 1. The maximum Gasteiger partial charge on any atom is 0.261 e. The van der Waals surface area contributed by atoms with E-state index in [-0.39, 0.29) is 17.5 Å². The van der Waals surface area contributed by atoms with Crippen molar-refractivity contribution in [3.05, 3.63) is 88.5 Å². The molecule has 3 N–H and O–H groups in total. The number of amides is 1. The van der Waals surface area contributed by atoms with Crippen molar-refractivity contribution in [3.63, 3.8) is 0 Å². The van der Waals surface area contributed by atoms with Crippen molar-refractivity contribution < 1.29 is 9.53 Å². The standard InChI is InChI=1S/C28H26N6O3/c1-17(20-7-4-5-11-29-20)30-25-19-6-2-3-8-21(19)33-27(35)24(25)26-31-22-10-9-18(16-23(22)32-26)28(36)34-12-14-37-15-13-34/h2-11,16-17H,12-15H2,1H3,(H,31,32)(H2,30,33,35)/t17-/m0/s1. The molecule has 1 fully saturated rings. The molecule has 0 spiro atoms. The number of rotatable bonds is 5. The Bertz CT molecular complexity index is 1650.